The van der Waals surface area contributed by atoms with Crippen LogP contribution in [-0.2, 0) is 11.2 Å². The summed E-state index contributed by atoms with van der Waals surface area (Å²) >= 11 is 1.81. The van der Waals surface area contributed by atoms with E-state index in [9.17, 15) is 9.18 Å². The second kappa shape index (κ2) is 8.81. The maximum atomic E-state index is 14.1. The zero-order valence-electron chi connectivity index (χ0n) is 17.4. The number of thiophene rings is 1. The van der Waals surface area contributed by atoms with E-state index in [2.05, 4.69) is 40.6 Å². The molecule has 2 aromatic carbocycles. The molecule has 0 bridgehead atoms. The Hall–Kier alpha value is -2.70. The predicted molar refractivity (Wildman–Crippen MR) is 123 cm³/mol. The number of hydrogen-bond acceptors (Lipinski definition) is 4. The molecule has 1 unspecified atom stereocenters. The minimum Gasteiger partial charge on any atom is -0.366 e. The number of benzene rings is 2. The summed E-state index contributed by atoms with van der Waals surface area (Å²) in [4.78, 5) is 20.9. The summed E-state index contributed by atoms with van der Waals surface area (Å²) in [5.74, 6) is -0.0411. The van der Waals surface area contributed by atoms with Gasteiger partial charge in [0.05, 0.1) is 18.3 Å². The van der Waals surface area contributed by atoms with Crippen LogP contribution in [-0.4, -0.2) is 55.0 Å². The Morgan fingerprint density at radius 3 is 2.45 bits per heavy atom. The van der Waals surface area contributed by atoms with Gasteiger partial charge < -0.3 is 9.80 Å². The standard InChI is InChI=1S/C25H26FN3OS/c26-21-8-4-5-9-22(21)27-13-15-28(16-14-27)24(30)18-29-12-10-23-20(11-17-31-23)25(29)19-6-2-1-3-7-19/h1-9,11,17,25H,10,12-16,18H2. The first-order valence-corrected chi connectivity index (χ1v) is 11.7. The number of amides is 1. The van der Waals surface area contributed by atoms with Crippen molar-refractivity contribution in [3.05, 3.63) is 87.9 Å². The first-order chi connectivity index (χ1) is 15.2. The van der Waals surface area contributed by atoms with E-state index >= 15 is 0 Å². The Morgan fingerprint density at radius 1 is 0.935 bits per heavy atom. The molecule has 1 saturated heterocycles. The quantitative estimate of drug-likeness (QED) is 0.615. The van der Waals surface area contributed by atoms with E-state index in [0.717, 1.165) is 13.0 Å². The van der Waals surface area contributed by atoms with Crippen LogP contribution in [0.4, 0.5) is 10.1 Å². The van der Waals surface area contributed by atoms with E-state index in [0.29, 0.717) is 38.4 Å². The number of rotatable bonds is 4. The number of piperazine rings is 1. The highest BCUT2D eigenvalue weighted by Gasteiger charge is 2.32. The van der Waals surface area contributed by atoms with Crippen LogP contribution in [0.15, 0.2) is 66.0 Å². The Kier molecular flexibility index (Phi) is 5.74. The zero-order valence-corrected chi connectivity index (χ0v) is 18.2. The second-order valence-corrected chi connectivity index (χ2v) is 9.15. The lowest BCUT2D eigenvalue weighted by atomic mass is 9.93. The van der Waals surface area contributed by atoms with Gasteiger partial charge >= 0.3 is 0 Å². The van der Waals surface area contributed by atoms with Gasteiger partial charge in [0.2, 0.25) is 5.91 Å². The van der Waals surface area contributed by atoms with Gasteiger partial charge in [-0.2, -0.15) is 0 Å². The molecule has 160 valence electrons. The molecule has 1 atom stereocenters. The molecule has 4 nitrogen and oxygen atoms in total. The Labute approximate surface area is 186 Å². The average Bonchev–Trinajstić information content (AvgIpc) is 3.29. The van der Waals surface area contributed by atoms with Crippen molar-refractivity contribution in [2.75, 3.05) is 44.2 Å². The maximum absolute atomic E-state index is 14.1. The molecule has 1 aromatic heterocycles. The van der Waals surface area contributed by atoms with Gasteiger partial charge in [0.15, 0.2) is 0 Å². The summed E-state index contributed by atoms with van der Waals surface area (Å²) in [7, 11) is 0. The third kappa shape index (κ3) is 4.10. The topological polar surface area (TPSA) is 26.8 Å². The number of nitrogens with zero attached hydrogens (tertiary/aromatic N) is 3. The van der Waals surface area contributed by atoms with Crippen LogP contribution in [0.2, 0.25) is 0 Å². The van der Waals surface area contributed by atoms with Crippen molar-refractivity contribution in [1.82, 2.24) is 9.80 Å². The van der Waals surface area contributed by atoms with Crippen molar-refractivity contribution >= 4 is 22.9 Å². The number of para-hydroxylation sites is 1. The maximum Gasteiger partial charge on any atom is 0.236 e. The Bertz CT molecular complexity index is 1050. The Balaban J connectivity index is 1.27. The zero-order chi connectivity index (χ0) is 21.2. The number of anilines is 1. The van der Waals surface area contributed by atoms with Crippen molar-refractivity contribution in [3.8, 4) is 0 Å². The van der Waals surface area contributed by atoms with Crippen molar-refractivity contribution in [3.63, 3.8) is 0 Å². The van der Waals surface area contributed by atoms with Gasteiger partial charge in [0, 0.05) is 37.6 Å². The van der Waals surface area contributed by atoms with Gasteiger partial charge in [-0.3, -0.25) is 9.69 Å². The molecule has 0 spiro atoms. The number of fused-ring (bicyclic) bond motifs is 1. The lowest BCUT2D eigenvalue weighted by Crippen LogP contribution is -2.52. The van der Waals surface area contributed by atoms with Crippen molar-refractivity contribution in [2.45, 2.75) is 12.5 Å². The number of carbonyl (C=O) groups is 1. The number of carbonyl (C=O) groups excluding carboxylic acids is 1. The fraction of sp³-hybridized carbons (Fsp3) is 0.320. The van der Waals surface area contributed by atoms with Gasteiger partial charge in [-0.15, -0.1) is 11.3 Å². The van der Waals surface area contributed by atoms with Gasteiger partial charge in [0.1, 0.15) is 5.82 Å². The minimum absolute atomic E-state index is 0.125. The Morgan fingerprint density at radius 2 is 1.68 bits per heavy atom. The largest absolute Gasteiger partial charge is 0.366 e. The molecule has 1 amide bonds. The summed E-state index contributed by atoms with van der Waals surface area (Å²) in [6.07, 6.45) is 0.991. The van der Waals surface area contributed by atoms with Crippen LogP contribution in [0, 0.1) is 5.82 Å². The third-order valence-corrected chi connectivity index (χ3v) is 7.34. The van der Waals surface area contributed by atoms with Crippen LogP contribution >= 0.6 is 11.3 Å². The van der Waals surface area contributed by atoms with E-state index in [1.165, 1.54) is 22.1 Å². The molecule has 0 radical (unpaired) electrons. The summed E-state index contributed by atoms with van der Waals surface area (Å²) in [6.45, 7) is 3.86. The molecule has 6 heteroatoms. The summed E-state index contributed by atoms with van der Waals surface area (Å²) in [5, 5.41) is 2.16. The number of hydrogen-bond donors (Lipinski definition) is 0. The lowest BCUT2D eigenvalue weighted by molar-refractivity contribution is -0.133. The minimum atomic E-state index is -0.201. The molecule has 31 heavy (non-hydrogen) atoms. The van der Waals surface area contributed by atoms with E-state index < -0.39 is 0 Å². The summed E-state index contributed by atoms with van der Waals surface area (Å²) < 4.78 is 14.1. The van der Waals surface area contributed by atoms with Gasteiger partial charge in [-0.25, -0.2) is 4.39 Å². The van der Waals surface area contributed by atoms with Gasteiger partial charge in [-0.05, 0) is 41.1 Å². The van der Waals surface area contributed by atoms with Gasteiger partial charge in [-0.1, -0.05) is 42.5 Å². The molecular weight excluding hydrogens is 409 g/mol. The van der Waals surface area contributed by atoms with Crippen molar-refractivity contribution < 1.29 is 9.18 Å². The highest BCUT2D eigenvalue weighted by molar-refractivity contribution is 7.10. The van der Waals surface area contributed by atoms with E-state index in [1.807, 2.05) is 39.3 Å². The molecule has 2 aliphatic rings. The van der Waals surface area contributed by atoms with Crippen LogP contribution < -0.4 is 4.90 Å². The monoisotopic (exact) mass is 435 g/mol. The van der Waals surface area contributed by atoms with E-state index in [4.69, 9.17) is 0 Å². The molecule has 3 heterocycles. The molecular formula is C25H26FN3OS. The molecule has 0 N–H and O–H groups in total. The molecule has 0 saturated carbocycles. The normalized spacial score (nSPS) is 19.3. The van der Waals surface area contributed by atoms with Crippen LogP contribution in [0.1, 0.15) is 22.0 Å². The average molecular weight is 436 g/mol. The fourth-order valence-corrected chi connectivity index (χ4v) is 5.65. The van der Waals surface area contributed by atoms with Crippen molar-refractivity contribution in [1.29, 1.82) is 0 Å². The fourth-order valence-electron chi connectivity index (χ4n) is 4.74. The highest BCUT2D eigenvalue weighted by Crippen LogP contribution is 2.37. The highest BCUT2D eigenvalue weighted by atomic mass is 32.1. The molecule has 1 fully saturated rings. The first-order valence-electron chi connectivity index (χ1n) is 10.8. The second-order valence-electron chi connectivity index (χ2n) is 8.15. The van der Waals surface area contributed by atoms with Gasteiger partial charge in [0.25, 0.3) is 0 Å². The van der Waals surface area contributed by atoms with E-state index in [1.54, 1.807) is 6.07 Å². The SMILES string of the molecule is O=C(CN1CCc2sccc2C1c1ccccc1)N1CCN(c2ccccc2F)CC1. The van der Waals surface area contributed by atoms with Crippen molar-refractivity contribution in [2.24, 2.45) is 0 Å². The van der Waals surface area contributed by atoms with Crippen LogP contribution in [0.25, 0.3) is 0 Å². The number of halogens is 1. The molecule has 2 aliphatic heterocycles. The smallest absolute Gasteiger partial charge is 0.236 e. The first kappa shape index (κ1) is 20.2. The molecule has 5 rings (SSSR count). The predicted octanol–water partition coefficient (Wildman–Crippen LogP) is 4.18. The van der Waals surface area contributed by atoms with Crippen LogP contribution in [0.5, 0.6) is 0 Å². The summed E-state index contributed by atoms with van der Waals surface area (Å²) in [6, 6.07) is 19.7. The lowest BCUT2D eigenvalue weighted by Gasteiger charge is -2.39. The molecule has 0 aliphatic carbocycles. The molecule has 3 aromatic rings. The third-order valence-electron chi connectivity index (χ3n) is 6.34. The summed E-state index contributed by atoms with van der Waals surface area (Å²) in [5.41, 5.74) is 3.19. The van der Waals surface area contributed by atoms with Crippen LogP contribution in [0.3, 0.4) is 0 Å². The van der Waals surface area contributed by atoms with E-state index in [-0.39, 0.29) is 17.8 Å².